The fourth-order valence-electron chi connectivity index (χ4n) is 5.29. The van der Waals surface area contributed by atoms with Gasteiger partial charge in [-0.05, 0) is 94.0 Å². The summed E-state index contributed by atoms with van der Waals surface area (Å²) in [6.45, 7) is 10.0. The molecule has 0 saturated heterocycles. The molecule has 0 fully saturated rings. The van der Waals surface area contributed by atoms with Crippen molar-refractivity contribution in [1.82, 2.24) is 0 Å². The van der Waals surface area contributed by atoms with E-state index in [-0.39, 0.29) is 0 Å². The summed E-state index contributed by atoms with van der Waals surface area (Å²) in [7, 11) is -1.46. The third-order valence-electron chi connectivity index (χ3n) is 7.42. The molecule has 4 nitrogen and oxygen atoms in total. The van der Waals surface area contributed by atoms with Crippen molar-refractivity contribution < 1.29 is 9.13 Å². The Morgan fingerprint density at radius 1 is 0.568 bits per heavy atom. The van der Waals surface area contributed by atoms with Crippen LogP contribution >= 0.6 is 14.9 Å². The standard InChI is InChI=1S/C31H34N2O2P2/c1-20-10-14-28-26(16-20)33(6)27-17-21(2)11-15-30(27)37(7,35)31-19-23(4)9-13-25(31)32(5)24-12-8-22(3)18-29(24)36(28)34/h8-19,36H,1-7H3. The molecule has 0 bridgehead atoms. The largest absolute Gasteiger partial charge is 0.343 e. The number of hydrogen-bond donors (Lipinski definition) is 0. The lowest BCUT2D eigenvalue weighted by atomic mass is 10.1. The van der Waals surface area contributed by atoms with E-state index in [2.05, 4.69) is 47.1 Å². The zero-order valence-corrected chi connectivity index (χ0v) is 24.5. The second-order valence-electron chi connectivity index (χ2n) is 10.4. The summed E-state index contributed by atoms with van der Waals surface area (Å²) in [5.41, 5.74) is 7.80. The lowest BCUT2D eigenvalue weighted by Gasteiger charge is -2.32. The van der Waals surface area contributed by atoms with Crippen molar-refractivity contribution in [3.63, 3.8) is 0 Å². The predicted octanol–water partition coefficient (Wildman–Crippen LogP) is 6.22. The molecule has 0 saturated carbocycles. The van der Waals surface area contributed by atoms with Gasteiger partial charge in [-0.25, -0.2) is 0 Å². The predicted molar refractivity (Wildman–Crippen MR) is 162 cm³/mol. The van der Waals surface area contributed by atoms with E-state index in [0.717, 1.165) is 66.2 Å². The fourth-order valence-corrected chi connectivity index (χ4v) is 9.51. The Kier molecular flexibility index (Phi) is 6.47. The second kappa shape index (κ2) is 9.35. The van der Waals surface area contributed by atoms with E-state index in [4.69, 9.17) is 0 Å². The first-order valence-corrected chi connectivity index (χ1v) is 16.1. The van der Waals surface area contributed by atoms with E-state index in [0.29, 0.717) is 0 Å². The topological polar surface area (TPSA) is 40.6 Å². The Morgan fingerprint density at radius 3 is 1.78 bits per heavy atom. The number of nitrogens with zero attached hydrogens (tertiary/aromatic N) is 2. The first-order chi connectivity index (χ1) is 17.5. The molecule has 0 amide bonds. The lowest BCUT2D eigenvalue weighted by Crippen LogP contribution is -2.31. The molecule has 2 atom stereocenters. The van der Waals surface area contributed by atoms with Crippen LogP contribution in [0.25, 0.3) is 0 Å². The van der Waals surface area contributed by atoms with Crippen LogP contribution in [0.4, 0.5) is 22.7 Å². The molecule has 0 aliphatic carbocycles. The van der Waals surface area contributed by atoms with Crippen LogP contribution in [-0.4, -0.2) is 20.8 Å². The van der Waals surface area contributed by atoms with Crippen molar-refractivity contribution in [2.75, 3.05) is 30.6 Å². The lowest BCUT2D eigenvalue weighted by molar-refractivity contribution is 0.590. The van der Waals surface area contributed by atoms with Crippen molar-refractivity contribution in [2.45, 2.75) is 27.7 Å². The molecule has 1 aliphatic heterocycles. The maximum Gasteiger partial charge on any atom is 0.144 e. The van der Waals surface area contributed by atoms with Gasteiger partial charge in [0.2, 0.25) is 0 Å². The zero-order valence-electron chi connectivity index (χ0n) is 22.6. The van der Waals surface area contributed by atoms with Gasteiger partial charge >= 0.3 is 0 Å². The highest BCUT2D eigenvalue weighted by molar-refractivity contribution is 7.78. The average molecular weight is 529 g/mol. The first-order valence-electron chi connectivity index (χ1n) is 12.5. The molecule has 0 N–H and O–H groups in total. The van der Waals surface area contributed by atoms with Gasteiger partial charge in [0.1, 0.15) is 14.9 Å². The molecule has 5 rings (SSSR count). The highest BCUT2D eigenvalue weighted by atomic mass is 31.2. The Balaban J connectivity index is 1.94. The summed E-state index contributed by atoms with van der Waals surface area (Å²) in [5.74, 6) is 0. The van der Waals surface area contributed by atoms with Gasteiger partial charge in [-0.15, -0.1) is 0 Å². The van der Waals surface area contributed by atoms with Crippen molar-refractivity contribution in [3.8, 4) is 0 Å². The summed E-state index contributed by atoms with van der Waals surface area (Å²) >= 11 is 0. The van der Waals surface area contributed by atoms with Crippen LogP contribution in [0.15, 0.2) is 72.8 Å². The second-order valence-corrected chi connectivity index (χ2v) is 14.9. The van der Waals surface area contributed by atoms with E-state index in [1.807, 2.05) is 84.0 Å². The monoisotopic (exact) mass is 528 g/mol. The third kappa shape index (κ3) is 4.37. The van der Waals surface area contributed by atoms with Crippen molar-refractivity contribution in [2.24, 2.45) is 0 Å². The average Bonchev–Trinajstić information content (AvgIpc) is 2.86. The van der Waals surface area contributed by atoms with Gasteiger partial charge in [0.25, 0.3) is 0 Å². The molecule has 4 aromatic rings. The van der Waals surface area contributed by atoms with Crippen LogP contribution in [0.3, 0.4) is 0 Å². The summed E-state index contributed by atoms with van der Waals surface area (Å²) in [4.78, 5) is 4.15. The van der Waals surface area contributed by atoms with Crippen molar-refractivity contribution >= 4 is 58.9 Å². The molecule has 6 heteroatoms. The molecule has 37 heavy (non-hydrogen) atoms. The van der Waals surface area contributed by atoms with E-state index in [1.165, 1.54) is 0 Å². The molecule has 190 valence electrons. The number of benzene rings is 4. The minimum atomic E-state index is -3.05. The van der Waals surface area contributed by atoms with E-state index in [1.54, 1.807) is 0 Å². The van der Waals surface area contributed by atoms with Crippen molar-refractivity contribution in [3.05, 3.63) is 95.1 Å². The van der Waals surface area contributed by atoms with Crippen LogP contribution in [0.2, 0.25) is 0 Å². The van der Waals surface area contributed by atoms with Gasteiger partial charge in [0.05, 0.1) is 22.7 Å². The smallest absolute Gasteiger partial charge is 0.144 e. The normalized spacial score (nSPS) is 19.2. The molecule has 2 unspecified atom stereocenters. The summed E-state index contributed by atoms with van der Waals surface area (Å²) in [6.07, 6.45) is 0. The van der Waals surface area contributed by atoms with Gasteiger partial charge in [-0.3, -0.25) is 0 Å². The number of anilines is 4. The van der Waals surface area contributed by atoms with Crippen LogP contribution in [-0.2, 0) is 9.13 Å². The minimum absolute atomic E-state index is 0.803. The summed E-state index contributed by atoms with van der Waals surface area (Å²) in [6, 6.07) is 24.5. The van der Waals surface area contributed by atoms with E-state index >= 15 is 0 Å². The fraction of sp³-hybridized carbons (Fsp3) is 0.226. The summed E-state index contributed by atoms with van der Waals surface area (Å²) in [5, 5.41) is 3.23. The van der Waals surface area contributed by atoms with Crippen LogP contribution in [0.1, 0.15) is 22.3 Å². The maximum atomic E-state index is 15.0. The van der Waals surface area contributed by atoms with Crippen molar-refractivity contribution in [1.29, 1.82) is 0 Å². The minimum Gasteiger partial charge on any atom is -0.343 e. The Hall–Kier alpha value is -3.06. The molecule has 1 heterocycles. The number of fused-ring (bicyclic) bond motifs is 4. The number of aryl methyl sites for hydroxylation is 4. The van der Waals surface area contributed by atoms with Crippen LogP contribution in [0.5, 0.6) is 0 Å². The molecule has 4 aromatic carbocycles. The molecule has 1 aliphatic rings. The van der Waals surface area contributed by atoms with Gasteiger partial charge in [-0.2, -0.15) is 0 Å². The third-order valence-corrected chi connectivity index (χ3v) is 11.8. The molecular formula is C31H34N2O2P2. The van der Waals surface area contributed by atoms with Gasteiger partial charge in [0.15, 0.2) is 0 Å². The first kappa shape index (κ1) is 25.6. The van der Waals surface area contributed by atoms with E-state index < -0.39 is 14.9 Å². The zero-order chi connectivity index (χ0) is 26.6. The Bertz CT molecular complexity index is 1630. The number of rotatable bonds is 0. The van der Waals surface area contributed by atoms with Gasteiger partial charge in [-0.1, -0.05) is 35.4 Å². The Morgan fingerprint density at radius 2 is 1.08 bits per heavy atom. The quantitative estimate of drug-likeness (QED) is 0.254. The molecular weight excluding hydrogens is 494 g/mol. The van der Waals surface area contributed by atoms with Gasteiger partial charge in [0, 0.05) is 35.3 Å². The maximum absolute atomic E-state index is 15.0. The van der Waals surface area contributed by atoms with Crippen LogP contribution < -0.4 is 31.0 Å². The summed E-state index contributed by atoms with van der Waals surface area (Å²) < 4.78 is 29.4. The Labute approximate surface area is 221 Å². The number of hydrogen-bond acceptors (Lipinski definition) is 4. The highest BCUT2D eigenvalue weighted by Crippen LogP contribution is 2.47. The van der Waals surface area contributed by atoms with E-state index in [9.17, 15) is 9.13 Å². The molecule has 0 spiro atoms. The van der Waals surface area contributed by atoms with Gasteiger partial charge < -0.3 is 18.9 Å². The SMILES string of the molecule is Cc1ccc2c(c1)N(C)c1cc(C)ccc1P(C)(=O)c1cc(C)ccc1N(C)c1ccc(C)cc1[PH]2=O. The highest BCUT2D eigenvalue weighted by Gasteiger charge is 2.32. The molecule has 0 aromatic heterocycles. The molecule has 0 radical (unpaired) electrons. The van der Waals surface area contributed by atoms with Crippen LogP contribution in [0, 0.1) is 27.7 Å².